The third-order valence-electron chi connectivity index (χ3n) is 5.73. The summed E-state index contributed by atoms with van der Waals surface area (Å²) in [4.78, 5) is 41.9. The number of urea groups is 1. The molecule has 2 aliphatic rings. The van der Waals surface area contributed by atoms with Crippen LogP contribution in [0.4, 0.5) is 10.6 Å². The first-order chi connectivity index (χ1) is 15.0. The number of hydrogen-bond donors (Lipinski definition) is 0. The molecule has 1 aromatic heterocycles. The highest BCUT2D eigenvalue weighted by Gasteiger charge is 2.29. The van der Waals surface area contributed by atoms with Crippen LogP contribution in [0.2, 0.25) is 0 Å². The Morgan fingerprint density at radius 2 is 1.45 bits per heavy atom. The van der Waals surface area contributed by atoms with Crippen LogP contribution < -0.4 is 4.90 Å². The summed E-state index contributed by atoms with van der Waals surface area (Å²) >= 11 is 0. The molecule has 0 spiro atoms. The number of rotatable bonds is 2. The predicted molar refractivity (Wildman–Crippen MR) is 115 cm³/mol. The summed E-state index contributed by atoms with van der Waals surface area (Å²) in [5.74, 6) is 1.57. The second-order valence-electron chi connectivity index (χ2n) is 7.69. The van der Waals surface area contributed by atoms with E-state index in [1.54, 1.807) is 35.4 Å². The highest BCUT2D eigenvalue weighted by Crippen LogP contribution is 2.16. The zero-order valence-electron chi connectivity index (χ0n) is 17.6. The van der Waals surface area contributed by atoms with Gasteiger partial charge in [-0.05, 0) is 37.3 Å². The molecule has 4 rings (SSSR count). The normalized spacial score (nSPS) is 16.8. The fourth-order valence-corrected chi connectivity index (χ4v) is 3.92. The summed E-state index contributed by atoms with van der Waals surface area (Å²) in [6.45, 7) is 6.68. The molecule has 0 aliphatic carbocycles. The Morgan fingerprint density at radius 1 is 0.871 bits per heavy atom. The lowest BCUT2D eigenvalue weighted by molar-refractivity contribution is 0.0637. The van der Waals surface area contributed by atoms with Crippen LogP contribution >= 0.6 is 0 Å². The van der Waals surface area contributed by atoms with Gasteiger partial charge in [-0.25, -0.2) is 14.8 Å². The molecule has 31 heavy (non-hydrogen) atoms. The lowest BCUT2D eigenvalue weighted by Crippen LogP contribution is -2.57. The Balaban J connectivity index is 1.27. The van der Waals surface area contributed by atoms with Crippen molar-refractivity contribution < 1.29 is 9.59 Å². The number of benzene rings is 1. The minimum atomic E-state index is -0.0645. The minimum Gasteiger partial charge on any atom is -0.353 e. The third kappa shape index (κ3) is 4.58. The van der Waals surface area contributed by atoms with E-state index >= 15 is 0 Å². The van der Waals surface area contributed by atoms with Crippen LogP contribution in [0, 0.1) is 18.3 Å². The number of nitrogens with zero attached hydrogens (tertiary/aromatic N) is 7. The largest absolute Gasteiger partial charge is 0.353 e. The molecule has 0 N–H and O–H groups in total. The minimum absolute atomic E-state index is 0.0315. The molecule has 3 heterocycles. The first-order valence-corrected chi connectivity index (χ1v) is 10.4. The van der Waals surface area contributed by atoms with Crippen LogP contribution in [-0.4, -0.2) is 89.0 Å². The van der Waals surface area contributed by atoms with Crippen molar-refractivity contribution in [2.45, 2.75) is 6.92 Å². The van der Waals surface area contributed by atoms with E-state index in [9.17, 15) is 9.59 Å². The molecule has 0 radical (unpaired) electrons. The van der Waals surface area contributed by atoms with Gasteiger partial charge in [0.15, 0.2) is 0 Å². The van der Waals surface area contributed by atoms with Gasteiger partial charge in [-0.15, -0.1) is 0 Å². The van der Waals surface area contributed by atoms with Crippen LogP contribution in [0.15, 0.2) is 36.5 Å². The van der Waals surface area contributed by atoms with Gasteiger partial charge in [-0.1, -0.05) is 0 Å². The molecule has 0 bridgehead atoms. The fourth-order valence-electron chi connectivity index (χ4n) is 3.92. The van der Waals surface area contributed by atoms with E-state index < -0.39 is 0 Å². The van der Waals surface area contributed by atoms with Crippen LogP contribution in [-0.2, 0) is 0 Å². The number of nitriles is 1. The molecule has 9 heteroatoms. The summed E-state index contributed by atoms with van der Waals surface area (Å²) in [6, 6.07) is 10.6. The van der Waals surface area contributed by atoms with Crippen LogP contribution in [0.1, 0.15) is 21.7 Å². The molecular weight excluding hydrogens is 394 g/mol. The number of carbonyl (C=O) groups excluding carboxylic acids is 2. The van der Waals surface area contributed by atoms with Gasteiger partial charge in [0, 0.05) is 64.1 Å². The molecule has 2 fully saturated rings. The van der Waals surface area contributed by atoms with Gasteiger partial charge in [0.05, 0.1) is 11.6 Å². The van der Waals surface area contributed by atoms with Crippen LogP contribution in [0.3, 0.4) is 0 Å². The van der Waals surface area contributed by atoms with Crippen molar-refractivity contribution in [1.82, 2.24) is 24.7 Å². The van der Waals surface area contributed by atoms with Gasteiger partial charge in [-0.3, -0.25) is 4.79 Å². The van der Waals surface area contributed by atoms with E-state index in [1.165, 1.54) is 0 Å². The third-order valence-corrected chi connectivity index (χ3v) is 5.73. The summed E-state index contributed by atoms with van der Waals surface area (Å²) in [5.41, 5.74) is 1.09. The molecule has 2 aromatic rings. The Kier molecular flexibility index (Phi) is 5.98. The average Bonchev–Trinajstić information content (AvgIpc) is 2.83. The number of hydrogen-bond acceptors (Lipinski definition) is 6. The van der Waals surface area contributed by atoms with Gasteiger partial charge in [0.25, 0.3) is 5.91 Å². The molecule has 0 atom stereocenters. The predicted octanol–water partition coefficient (Wildman–Crippen LogP) is 1.36. The molecule has 9 nitrogen and oxygen atoms in total. The number of carbonyl (C=O) groups is 2. The van der Waals surface area contributed by atoms with Gasteiger partial charge in [-0.2, -0.15) is 5.26 Å². The number of aryl methyl sites for hydroxylation is 1. The number of aromatic nitrogens is 2. The van der Waals surface area contributed by atoms with Crippen LogP contribution in [0.25, 0.3) is 0 Å². The maximum absolute atomic E-state index is 12.9. The Bertz CT molecular complexity index is 986. The van der Waals surface area contributed by atoms with Gasteiger partial charge in [0.1, 0.15) is 11.6 Å². The fraction of sp³-hybridized carbons (Fsp3) is 0.409. The second kappa shape index (κ2) is 9.00. The van der Waals surface area contributed by atoms with Crippen molar-refractivity contribution in [2.24, 2.45) is 0 Å². The summed E-state index contributed by atoms with van der Waals surface area (Å²) in [5, 5.41) is 8.89. The Morgan fingerprint density at radius 3 is 2.03 bits per heavy atom. The number of amides is 3. The monoisotopic (exact) mass is 419 g/mol. The molecule has 2 saturated heterocycles. The van der Waals surface area contributed by atoms with E-state index in [1.807, 2.05) is 22.8 Å². The summed E-state index contributed by atoms with van der Waals surface area (Å²) in [6.07, 6.45) is 1.76. The zero-order chi connectivity index (χ0) is 21.8. The van der Waals surface area contributed by atoms with E-state index in [-0.39, 0.29) is 11.9 Å². The van der Waals surface area contributed by atoms with Gasteiger partial charge >= 0.3 is 6.03 Å². The van der Waals surface area contributed by atoms with Crippen molar-refractivity contribution in [3.8, 4) is 6.07 Å². The number of piperazine rings is 2. The zero-order valence-corrected chi connectivity index (χ0v) is 17.6. The van der Waals surface area contributed by atoms with Crippen LogP contribution in [0.5, 0.6) is 0 Å². The van der Waals surface area contributed by atoms with Crippen molar-refractivity contribution in [3.63, 3.8) is 0 Å². The molecule has 2 aliphatic heterocycles. The number of anilines is 1. The molecule has 160 valence electrons. The molecular formula is C22H25N7O2. The van der Waals surface area contributed by atoms with Gasteiger partial charge < -0.3 is 19.6 Å². The SMILES string of the molecule is Cc1nccc(N2CCN(C(=O)N3CCN(C(=O)c4ccc(C#N)cc4)CC3)CC2)n1. The highest BCUT2D eigenvalue weighted by molar-refractivity contribution is 5.94. The maximum atomic E-state index is 12.9. The summed E-state index contributed by atoms with van der Waals surface area (Å²) in [7, 11) is 0. The smallest absolute Gasteiger partial charge is 0.320 e. The highest BCUT2D eigenvalue weighted by atomic mass is 16.2. The molecule has 0 unspecified atom stereocenters. The topological polar surface area (TPSA) is 96.7 Å². The molecule has 0 saturated carbocycles. The van der Waals surface area contributed by atoms with E-state index in [4.69, 9.17) is 5.26 Å². The van der Waals surface area contributed by atoms with Crippen molar-refractivity contribution in [2.75, 3.05) is 57.3 Å². The lowest BCUT2D eigenvalue weighted by Gasteiger charge is -2.40. The Hall–Kier alpha value is -3.67. The lowest BCUT2D eigenvalue weighted by atomic mass is 10.1. The first-order valence-electron chi connectivity index (χ1n) is 10.4. The van der Waals surface area contributed by atoms with E-state index in [0.717, 1.165) is 24.7 Å². The van der Waals surface area contributed by atoms with E-state index in [2.05, 4.69) is 20.9 Å². The quantitative estimate of drug-likeness (QED) is 0.729. The maximum Gasteiger partial charge on any atom is 0.320 e. The second-order valence-corrected chi connectivity index (χ2v) is 7.69. The van der Waals surface area contributed by atoms with Gasteiger partial charge in [0.2, 0.25) is 0 Å². The van der Waals surface area contributed by atoms with Crippen molar-refractivity contribution in [1.29, 1.82) is 5.26 Å². The average molecular weight is 419 g/mol. The summed E-state index contributed by atoms with van der Waals surface area (Å²) < 4.78 is 0. The first kappa shape index (κ1) is 20.6. The standard InChI is InChI=1S/C22H25N7O2/c1-17-24-7-6-20(25-17)26-8-12-28(13-9-26)22(31)29-14-10-27(11-15-29)21(30)19-4-2-18(16-23)3-5-19/h2-7H,8-15H2,1H3. The van der Waals surface area contributed by atoms with Crippen molar-refractivity contribution >= 4 is 17.8 Å². The van der Waals surface area contributed by atoms with E-state index in [0.29, 0.717) is 50.4 Å². The Labute approximate surface area is 181 Å². The molecule has 1 aromatic carbocycles. The van der Waals surface area contributed by atoms with Crippen molar-refractivity contribution in [3.05, 3.63) is 53.5 Å². The molecule has 3 amide bonds.